The van der Waals surface area contributed by atoms with Crippen LogP contribution in [0.4, 0.5) is 0 Å². The number of pyridine rings is 1. The summed E-state index contributed by atoms with van der Waals surface area (Å²) in [7, 11) is 0. The average Bonchev–Trinajstić information content (AvgIpc) is 2.26. The number of thiocarbonyl (C=S) groups is 1. The molecule has 0 bridgehead atoms. The van der Waals surface area contributed by atoms with E-state index in [1.54, 1.807) is 18.3 Å². The molecule has 0 saturated heterocycles. The molecular formula is C11H16N2O2S. The van der Waals surface area contributed by atoms with Gasteiger partial charge in [-0.2, -0.15) is 0 Å². The van der Waals surface area contributed by atoms with Crippen molar-refractivity contribution in [2.75, 3.05) is 13.2 Å². The number of hydrogen-bond acceptors (Lipinski definition) is 4. The van der Waals surface area contributed by atoms with Crippen LogP contribution in [-0.2, 0) is 4.74 Å². The van der Waals surface area contributed by atoms with Gasteiger partial charge >= 0.3 is 0 Å². The van der Waals surface area contributed by atoms with Crippen molar-refractivity contribution >= 4 is 17.2 Å². The van der Waals surface area contributed by atoms with E-state index in [0.717, 1.165) is 5.56 Å². The summed E-state index contributed by atoms with van der Waals surface area (Å²) in [5.41, 5.74) is 6.27. The van der Waals surface area contributed by atoms with Crippen LogP contribution < -0.4 is 10.5 Å². The third kappa shape index (κ3) is 4.12. The van der Waals surface area contributed by atoms with Crippen LogP contribution in [0.15, 0.2) is 18.3 Å². The number of nitrogens with zero attached hydrogens (tertiary/aromatic N) is 1. The molecule has 1 rings (SSSR count). The number of rotatable bonds is 6. The van der Waals surface area contributed by atoms with Crippen molar-refractivity contribution in [2.45, 2.75) is 20.0 Å². The summed E-state index contributed by atoms with van der Waals surface area (Å²) < 4.78 is 10.8. The minimum atomic E-state index is -0.0472. The molecule has 0 fully saturated rings. The molecule has 0 amide bonds. The Morgan fingerprint density at radius 3 is 3.00 bits per heavy atom. The Kier molecular flexibility index (Phi) is 5.14. The normalized spacial score (nSPS) is 12.1. The zero-order valence-corrected chi connectivity index (χ0v) is 10.3. The first-order valence-electron chi connectivity index (χ1n) is 5.13. The number of ether oxygens (including phenoxy) is 2. The lowest BCUT2D eigenvalue weighted by Crippen LogP contribution is -2.20. The van der Waals surface area contributed by atoms with Crippen LogP contribution in [0, 0.1) is 0 Å². The molecule has 1 atom stereocenters. The second-order valence-corrected chi connectivity index (χ2v) is 3.77. The molecule has 16 heavy (non-hydrogen) atoms. The topological polar surface area (TPSA) is 57.4 Å². The zero-order valence-electron chi connectivity index (χ0n) is 9.47. The van der Waals surface area contributed by atoms with Gasteiger partial charge in [0.15, 0.2) is 0 Å². The lowest BCUT2D eigenvalue weighted by atomic mass is 10.3. The van der Waals surface area contributed by atoms with Crippen LogP contribution in [0.5, 0.6) is 5.88 Å². The fourth-order valence-corrected chi connectivity index (χ4v) is 1.28. The van der Waals surface area contributed by atoms with E-state index in [1.165, 1.54) is 0 Å². The Bertz CT molecular complexity index is 358. The first kappa shape index (κ1) is 12.9. The summed E-state index contributed by atoms with van der Waals surface area (Å²) in [6, 6.07) is 3.48. The smallest absolute Gasteiger partial charge is 0.214 e. The Hall–Kier alpha value is -1.20. The van der Waals surface area contributed by atoms with Crippen molar-refractivity contribution in [3.05, 3.63) is 23.9 Å². The van der Waals surface area contributed by atoms with Crippen LogP contribution in [0.25, 0.3) is 0 Å². The van der Waals surface area contributed by atoms with Gasteiger partial charge in [0.05, 0.1) is 6.61 Å². The highest BCUT2D eigenvalue weighted by atomic mass is 32.1. The highest BCUT2D eigenvalue weighted by Gasteiger charge is 2.06. The number of aromatic nitrogens is 1. The molecule has 0 aromatic carbocycles. The van der Waals surface area contributed by atoms with Crippen LogP contribution >= 0.6 is 12.2 Å². The molecule has 0 spiro atoms. The molecule has 5 heteroatoms. The van der Waals surface area contributed by atoms with Gasteiger partial charge < -0.3 is 15.2 Å². The Balaban J connectivity index is 2.59. The van der Waals surface area contributed by atoms with Gasteiger partial charge in [-0.25, -0.2) is 4.98 Å². The van der Waals surface area contributed by atoms with E-state index >= 15 is 0 Å². The van der Waals surface area contributed by atoms with Crippen molar-refractivity contribution in [2.24, 2.45) is 5.73 Å². The molecule has 1 unspecified atom stereocenters. The molecule has 88 valence electrons. The molecule has 2 N–H and O–H groups in total. The monoisotopic (exact) mass is 240 g/mol. The first-order chi connectivity index (χ1) is 7.63. The maximum Gasteiger partial charge on any atom is 0.214 e. The van der Waals surface area contributed by atoms with E-state index in [4.69, 9.17) is 27.4 Å². The van der Waals surface area contributed by atoms with Crippen molar-refractivity contribution < 1.29 is 9.47 Å². The highest BCUT2D eigenvalue weighted by molar-refractivity contribution is 7.80. The summed E-state index contributed by atoms with van der Waals surface area (Å²) >= 11 is 4.88. The summed E-state index contributed by atoms with van der Waals surface area (Å²) in [6.45, 7) is 5.08. The van der Waals surface area contributed by atoms with Crippen LogP contribution in [0.1, 0.15) is 19.4 Å². The minimum Gasteiger partial charge on any atom is -0.472 e. The summed E-state index contributed by atoms with van der Waals surface area (Å²) in [6.07, 6.45) is 1.58. The SMILES string of the molecule is CCOCC(C)Oc1cc(C(N)=S)ccn1. The lowest BCUT2D eigenvalue weighted by molar-refractivity contribution is 0.0633. The molecule has 0 aliphatic carbocycles. The minimum absolute atomic E-state index is 0.0472. The third-order valence-corrected chi connectivity index (χ3v) is 2.13. The standard InChI is InChI=1S/C11H16N2O2S/c1-3-14-7-8(2)15-10-6-9(11(12)16)4-5-13-10/h4-6,8H,3,7H2,1-2H3,(H2,12,16). The zero-order chi connectivity index (χ0) is 12.0. The Morgan fingerprint density at radius 2 is 2.38 bits per heavy atom. The first-order valence-corrected chi connectivity index (χ1v) is 5.54. The van der Waals surface area contributed by atoms with Crippen molar-refractivity contribution in [3.8, 4) is 5.88 Å². The van der Waals surface area contributed by atoms with Gasteiger partial charge in [-0.05, 0) is 19.9 Å². The molecular weight excluding hydrogens is 224 g/mol. The Morgan fingerprint density at radius 1 is 1.62 bits per heavy atom. The molecule has 0 aliphatic rings. The van der Waals surface area contributed by atoms with Crippen molar-refractivity contribution in [3.63, 3.8) is 0 Å². The van der Waals surface area contributed by atoms with Gasteiger partial charge in [0.1, 0.15) is 11.1 Å². The Labute approximate surface area is 101 Å². The molecule has 4 nitrogen and oxygen atoms in total. The largest absolute Gasteiger partial charge is 0.472 e. The number of hydrogen-bond donors (Lipinski definition) is 1. The molecule has 0 radical (unpaired) electrons. The average molecular weight is 240 g/mol. The fraction of sp³-hybridized carbons (Fsp3) is 0.455. The van der Waals surface area contributed by atoms with Gasteiger partial charge in [0.2, 0.25) is 5.88 Å². The maximum atomic E-state index is 5.56. The second kappa shape index (κ2) is 6.40. The van der Waals surface area contributed by atoms with Crippen molar-refractivity contribution in [1.29, 1.82) is 0 Å². The van der Waals surface area contributed by atoms with E-state index < -0.39 is 0 Å². The van der Waals surface area contributed by atoms with E-state index in [-0.39, 0.29) is 6.10 Å². The fourth-order valence-electron chi connectivity index (χ4n) is 1.15. The van der Waals surface area contributed by atoms with E-state index in [2.05, 4.69) is 4.98 Å². The quantitative estimate of drug-likeness (QED) is 0.764. The maximum absolute atomic E-state index is 5.56. The van der Waals surface area contributed by atoms with Gasteiger partial charge in [0, 0.05) is 24.4 Å². The molecule has 1 heterocycles. The van der Waals surface area contributed by atoms with Crippen LogP contribution in [-0.4, -0.2) is 29.3 Å². The van der Waals surface area contributed by atoms with Crippen molar-refractivity contribution in [1.82, 2.24) is 4.98 Å². The van der Waals surface area contributed by atoms with Crippen LogP contribution in [0.2, 0.25) is 0 Å². The number of nitrogens with two attached hydrogens (primary N) is 1. The molecule has 1 aromatic heterocycles. The van der Waals surface area contributed by atoms with Gasteiger partial charge in [-0.15, -0.1) is 0 Å². The second-order valence-electron chi connectivity index (χ2n) is 3.33. The summed E-state index contributed by atoms with van der Waals surface area (Å²) in [5, 5.41) is 0. The van der Waals surface area contributed by atoms with E-state index in [1.807, 2.05) is 13.8 Å². The lowest BCUT2D eigenvalue weighted by Gasteiger charge is -2.13. The molecule has 1 aromatic rings. The van der Waals surface area contributed by atoms with E-state index in [0.29, 0.717) is 24.1 Å². The van der Waals surface area contributed by atoms with Gasteiger partial charge in [-0.3, -0.25) is 0 Å². The van der Waals surface area contributed by atoms with Crippen LogP contribution in [0.3, 0.4) is 0 Å². The molecule has 0 saturated carbocycles. The molecule has 0 aliphatic heterocycles. The van der Waals surface area contributed by atoms with Gasteiger partial charge in [-0.1, -0.05) is 12.2 Å². The summed E-state index contributed by atoms with van der Waals surface area (Å²) in [5.74, 6) is 0.512. The predicted octanol–water partition coefficient (Wildman–Crippen LogP) is 1.52. The highest BCUT2D eigenvalue weighted by Crippen LogP contribution is 2.11. The predicted molar refractivity (Wildman–Crippen MR) is 66.7 cm³/mol. The summed E-state index contributed by atoms with van der Waals surface area (Å²) in [4.78, 5) is 4.41. The van der Waals surface area contributed by atoms with E-state index in [9.17, 15) is 0 Å². The van der Waals surface area contributed by atoms with Gasteiger partial charge in [0.25, 0.3) is 0 Å². The third-order valence-electron chi connectivity index (χ3n) is 1.90.